The number of urea groups is 1. The van der Waals surface area contributed by atoms with Gasteiger partial charge in [-0.3, -0.25) is 0 Å². The van der Waals surface area contributed by atoms with Crippen LogP contribution in [0.5, 0.6) is 11.5 Å². The third kappa shape index (κ3) is 3.27. The molecule has 1 aliphatic heterocycles. The van der Waals surface area contributed by atoms with E-state index in [0.29, 0.717) is 0 Å². The lowest BCUT2D eigenvalue weighted by Gasteiger charge is -2.27. The van der Waals surface area contributed by atoms with Crippen LogP contribution in [-0.2, 0) is 6.42 Å². The second-order valence-electron chi connectivity index (χ2n) is 6.60. The molecule has 1 heterocycles. The van der Waals surface area contributed by atoms with E-state index in [1.54, 1.807) is 0 Å². The first kappa shape index (κ1) is 15.8. The van der Waals surface area contributed by atoms with Crippen molar-refractivity contribution in [1.82, 2.24) is 10.6 Å². The van der Waals surface area contributed by atoms with E-state index in [0.717, 1.165) is 36.3 Å². The average Bonchev–Trinajstić information content (AvgIpc) is 3.09. The van der Waals surface area contributed by atoms with Gasteiger partial charge in [0, 0.05) is 0 Å². The van der Waals surface area contributed by atoms with Crippen molar-refractivity contribution in [3.63, 3.8) is 0 Å². The van der Waals surface area contributed by atoms with E-state index in [-0.39, 0.29) is 24.9 Å². The number of fused-ring (bicyclic) bond motifs is 2. The molecule has 2 aromatic carbocycles. The lowest BCUT2D eigenvalue weighted by Crippen LogP contribution is -2.40. The molecule has 4 rings (SSSR count). The molecule has 130 valence electrons. The van der Waals surface area contributed by atoms with Gasteiger partial charge in [0.1, 0.15) is 0 Å². The minimum Gasteiger partial charge on any atom is -0.454 e. The van der Waals surface area contributed by atoms with Crippen LogP contribution < -0.4 is 20.1 Å². The van der Waals surface area contributed by atoms with Gasteiger partial charge in [0.2, 0.25) is 6.79 Å². The Labute approximate surface area is 147 Å². The summed E-state index contributed by atoms with van der Waals surface area (Å²) in [4.78, 5) is 12.5. The molecule has 2 N–H and O–H groups in total. The molecule has 25 heavy (non-hydrogen) atoms. The Morgan fingerprint density at radius 3 is 2.92 bits per heavy atom. The summed E-state index contributed by atoms with van der Waals surface area (Å²) in [5.41, 5.74) is 3.56. The summed E-state index contributed by atoms with van der Waals surface area (Å²) in [6.45, 7) is 2.22. The maximum Gasteiger partial charge on any atom is 0.315 e. The van der Waals surface area contributed by atoms with Crippen LogP contribution in [0.4, 0.5) is 4.79 Å². The molecule has 0 saturated heterocycles. The molecule has 5 nitrogen and oxygen atoms in total. The molecule has 0 radical (unpaired) electrons. The molecule has 2 unspecified atom stereocenters. The number of nitrogens with one attached hydrogen (secondary N) is 2. The Hall–Kier alpha value is -2.69. The van der Waals surface area contributed by atoms with Crippen molar-refractivity contribution in [2.45, 2.75) is 38.3 Å². The Balaban J connectivity index is 1.41. The number of carbonyl (C=O) groups excluding carboxylic acids is 1. The van der Waals surface area contributed by atoms with Crippen molar-refractivity contribution in [3.05, 3.63) is 59.2 Å². The Morgan fingerprint density at radius 1 is 1.16 bits per heavy atom. The summed E-state index contributed by atoms with van der Waals surface area (Å²) in [7, 11) is 0. The van der Waals surface area contributed by atoms with Gasteiger partial charge < -0.3 is 20.1 Å². The maximum atomic E-state index is 12.5. The third-order valence-electron chi connectivity index (χ3n) is 4.92. The molecule has 2 atom stereocenters. The predicted octanol–water partition coefficient (Wildman–Crippen LogP) is 3.85. The standard InChI is InChI=1S/C20H22N2O3/c1-13(15-9-10-18-19(11-15)25-12-24-18)21-20(23)22-17-8-4-6-14-5-2-3-7-16(14)17/h2-3,5,7,9-11,13,17H,4,6,8,12H2,1H3,(H2,21,22,23). The first-order valence-corrected chi connectivity index (χ1v) is 8.75. The first-order chi connectivity index (χ1) is 12.2. The zero-order valence-corrected chi connectivity index (χ0v) is 14.2. The molecule has 2 aliphatic rings. The van der Waals surface area contributed by atoms with Crippen LogP contribution in [0.15, 0.2) is 42.5 Å². The van der Waals surface area contributed by atoms with Crippen molar-refractivity contribution >= 4 is 6.03 Å². The van der Waals surface area contributed by atoms with Crippen molar-refractivity contribution in [3.8, 4) is 11.5 Å². The molecule has 1 aliphatic carbocycles. The second-order valence-corrected chi connectivity index (χ2v) is 6.60. The fourth-order valence-electron chi connectivity index (χ4n) is 3.57. The number of amides is 2. The number of hydrogen-bond acceptors (Lipinski definition) is 3. The number of carbonyl (C=O) groups is 1. The molecule has 0 saturated carbocycles. The fourth-order valence-corrected chi connectivity index (χ4v) is 3.57. The third-order valence-corrected chi connectivity index (χ3v) is 4.92. The summed E-state index contributed by atoms with van der Waals surface area (Å²) in [6.07, 6.45) is 3.16. The SMILES string of the molecule is CC(NC(=O)NC1CCCc2ccccc21)c1ccc2c(c1)OCO2. The number of ether oxygens (including phenoxy) is 2. The van der Waals surface area contributed by atoms with Gasteiger partial charge in [-0.15, -0.1) is 0 Å². The zero-order chi connectivity index (χ0) is 17.2. The molecule has 5 heteroatoms. The van der Waals surface area contributed by atoms with Crippen molar-refractivity contribution in [1.29, 1.82) is 0 Å². The van der Waals surface area contributed by atoms with Crippen LogP contribution in [0.25, 0.3) is 0 Å². The van der Waals surface area contributed by atoms with E-state index in [9.17, 15) is 4.79 Å². The smallest absolute Gasteiger partial charge is 0.315 e. The van der Waals surface area contributed by atoms with Crippen LogP contribution in [-0.4, -0.2) is 12.8 Å². The van der Waals surface area contributed by atoms with E-state index < -0.39 is 0 Å². The van der Waals surface area contributed by atoms with E-state index in [2.05, 4.69) is 28.8 Å². The molecule has 0 fully saturated rings. The van der Waals surface area contributed by atoms with E-state index in [1.807, 2.05) is 31.2 Å². The lowest BCUT2D eigenvalue weighted by atomic mass is 9.88. The highest BCUT2D eigenvalue weighted by Crippen LogP contribution is 2.34. The van der Waals surface area contributed by atoms with Crippen molar-refractivity contribution < 1.29 is 14.3 Å². The molecule has 0 spiro atoms. The molecule has 0 bridgehead atoms. The molecule has 0 aromatic heterocycles. The normalized spacial score (nSPS) is 19.0. The van der Waals surface area contributed by atoms with Gasteiger partial charge in [0.25, 0.3) is 0 Å². The summed E-state index contributed by atoms with van der Waals surface area (Å²) >= 11 is 0. The van der Waals surface area contributed by atoms with E-state index in [1.165, 1.54) is 11.1 Å². The first-order valence-electron chi connectivity index (χ1n) is 8.75. The topological polar surface area (TPSA) is 59.6 Å². The van der Waals surface area contributed by atoms with Crippen LogP contribution in [0, 0.1) is 0 Å². The Kier molecular flexibility index (Phi) is 4.22. The average molecular weight is 338 g/mol. The fraction of sp³-hybridized carbons (Fsp3) is 0.350. The summed E-state index contributed by atoms with van der Waals surface area (Å²) < 4.78 is 10.7. The van der Waals surface area contributed by atoms with E-state index >= 15 is 0 Å². The highest BCUT2D eigenvalue weighted by molar-refractivity contribution is 5.75. The van der Waals surface area contributed by atoms with Gasteiger partial charge in [-0.1, -0.05) is 30.3 Å². The van der Waals surface area contributed by atoms with Crippen molar-refractivity contribution in [2.75, 3.05) is 6.79 Å². The molecule has 2 aromatic rings. The van der Waals surface area contributed by atoms with E-state index in [4.69, 9.17) is 9.47 Å². The highest BCUT2D eigenvalue weighted by atomic mass is 16.7. The van der Waals surface area contributed by atoms with Gasteiger partial charge in [-0.05, 0) is 55.0 Å². The molecule has 2 amide bonds. The van der Waals surface area contributed by atoms with Gasteiger partial charge in [0.15, 0.2) is 11.5 Å². The number of aryl methyl sites for hydroxylation is 1. The minimum absolute atomic E-state index is 0.0777. The minimum atomic E-state index is -0.146. The summed E-state index contributed by atoms with van der Waals surface area (Å²) in [6, 6.07) is 13.9. The van der Waals surface area contributed by atoms with Gasteiger partial charge in [0.05, 0.1) is 12.1 Å². The Morgan fingerprint density at radius 2 is 2.00 bits per heavy atom. The van der Waals surface area contributed by atoms with Crippen LogP contribution >= 0.6 is 0 Å². The monoisotopic (exact) mass is 338 g/mol. The predicted molar refractivity (Wildman–Crippen MR) is 94.8 cm³/mol. The summed E-state index contributed by atoms with van der Waals surface area (Å²) in [5.74, 6) is 1.48. The molecular weight excluding hydrogens is 316 g/mol. The largest absolute Gasteiger partial charge is 0.454 e. The highest BCUT2D eigenvalue weighted by Gasteiger charge is 2.22. The summed E-state index contributed by atoms with van der Waals surface area (Å²) in [5, 5.41) is 6.14. The van der Waals surface area contributed by atoms with Crippen molar-refractivity contribution in [2.24, 2.45) is 0 Å². The Bertz CT molecular complexity index is 790. The van der Waals surface area contributed by atoms with Gasteiger partial charge in [-0.25, -0.2) is 4.79 Å². The van der Waals surface area contributed by atoms with Gasteiger partial charge in [-0.2, -0.15) is 0 Å². The van der Waals surface area contributed by atoms with Gasteiger partial charge >= 0.3 is 6.03 Å². The second kappa shape index (κ2) is 6.67. The number of rotatable bonds is 3. The zero-order valence-electron chi connectivity index (χ0n) is 14.2. The van der Waals surface area contributed by atoms with Crippen LogP contribution in [0.3, 0.4) is 0 Å². The van der Waals surface area contributed by atoms with Crippen LogP contribution in [0.1, 0.15) is 48.5 Å². The quantitative estimate of drug-likeness (QED) is 0.893. The van der Waals surface area contributed by atoms with Crippen LogP contribution in [0.2, 0.25) is 0 Å². The molecular formula is C20H22N2O3. The number of hydrogen-bond donors (Lipinski definition) is 2. The lowest BCUT2D eigenvalue weighted by molar-refractivity contribution is 0.174. The number of benzene rings is 2. The maximum absolute atomic E-state index is 12.5.